The van der Waals surface area contributed by atoms with Crippen molar-refractivity contribution in [1.29, 1.82) is 0 Å². The Morgan fingerprint density at radius 3 is 2.60 bits per heavy atom. The van der Waals surface area contributed by atoms with E-state index in [0.717, 1.165) is 6.42 Å². The molecule has 6 heteroatoms. The van der Waals surface area contributed by atoms with Crippen LogP contribution in [0.1, 0.15) is 39.2 Å². The molecule has 1 unspecified atom stereocenters. The second-order valence-corrected chi connectivity index (χ2v) is 6.42. The first-order chi connectivity index (χ1) is 9.44. The number of rotatable bonds is 8. The molecule has 0 aliphatic heterocycles. The number of aliphatic hydroxyl groups excluding tert-OH is 1. The highest BCUT2D eigenvalue weighted by Gasteiger charge is 2.18. The van der Waals surface area contributed by atoms with Crippen LogP contribution in [0.4, 0.5) is 0 Å². The lowest BCUT2D eigenvalue weighted by Gasteiger charge is -2.14. The van der Waals surface area contributed by atoms with Crippen LogP contribution >= 0.6 is 0 Å². The highest BCUT2D eigenvalue weighted by Crippen LogP contribution is 2.23. The van der Waals surface area contributed by atoms with Crippen LogP contribution in [-0.4, -0.2) is 26.2 Å². The summed E-state index contributed by atoms with van der Waals surface area (Å²) in [5.74, 6) is 0.525. The van der Waals surface area contributed by atoms with Gasteiger partial charge in [0.1, 0.15) is 5.75 Å². The minimum absolute atomic E-state index is 0.131. The fraction of sp³-hybridized carbons (Fsp3) is 0.571. The molecule has 0 aliphatic carbocycles. The summed E-state index contributed by atoms with van der Waals surface area (Å²) >= 11 is 0. The molecule has 1 aromatic rings. The number of sulfonamides is 1. The molecule has 0 saturated carbocycles. The summed E-state index contributed by atoms with van der Waals surface area (Å²) in [6.07, 6.45) is 1.56. The fourth-order valence-corrected chi connectivity index (χ4v) is 2.99. The van der Waals surface area contributed by atoms with Gasteiger partial charge in [-0.25, -0.2) is 13.1 Å². The van der Waals surface area contributed by atoms with E-state index in [2.05, 4.69) is 4.72 Å². The molecule has 0 radical (unpaired) electrons. The van der Waals surface area contributed by atoms with E-state index in [4.69, 9.17) is 4.74 Å². The first kappa shape index (κ1) is 16.9. The fourth-order valence-electron chi connectivity index (χ4n) is 1.62. The molecule has 0 bridgehead atoms. The maximum atomic E-state index is 12.2. The number of hydrogen-bond acceptors (Lipinski definition) is 4. The number of benzene rings is 1. The molecular weight excluding hydrogens is 278 g/mol. The van der Waals surface area contributed by atoms with Crippen molar-refractivity contribution < 1.29 is 18.3 Å². The number of hydrogen-bond donors (Lipinski definition) is 2. The third kappa shape index (κ3) is 4.47. The van der Waals surface area contributed by atoms with Crippen molar-refractivity contribution in [2.45, 2.75) is 51.2 Å². The van der Waals surface area contributed by atoms with Gasteiger partial charge in [-0.3, -0.25) is 0 Å². The first-order valence-corrected chi connectivity index (χ1v) is 8.31. The molecule has 1 atom stereocenters. The van der Waals surface area contributed by atoms with Crippen LogP contribution in [0, 0.1) is 0 Å². The van der Waals surface area contributed by atoms with Crippen LogP contribution in [0.3, 0.4) is 0 Å². The Hall–Kier alpha value is -1.11. The van der Waals surface area contributed by atoms with Gasteiger partial charge in [-0.1, -0.05) is 13.8 Å². The molecule has 0 saturated heterocycles. The van der Waals surface area contributed by atoms with Crippen molar-refractivity contribution in [2.24, 2.45) is 0 Å². The molecule has 114 valence electrons. The number of aliphatic hydroxyl groups is 1. The Balaban J connectivity index is 3.02. The summed E-state index contributed by atoms with van der Waals surface area (Å²) in [6.45, 7) is 5.97. The van der Waals surface area contributed by atoms with Crippen molar-refractivity contribution in [3.8, 4) is 5.75 Å². The normalized spacial score (nSPS) is 13.2. The summed E-state index contributed by atoms with van der Waals surface area (Å²) in [7, 11) is -3.56. The van der Waals surface area contributed by atoms with E-state index in [0.29, 0.717) is 24.3 Å². The van der Waals surface area contributed by atoms with Crippen LogP contribution < -0.4 is 9.46 Å². The molecule has 1 aromatic carbocycles. The molecule has 0 fully saturated rings. The molecular formula is C14H23NO4S. The Bertz CT molecular complexity index is 528. The van der Waals surface area contributed by atoms with Crippen molar-refractivity contribution >= 4 is 10.0 Å². The van der Waals surface area contributed by atoms with Crippen LogP contribution in [0.15, 0.2) is 23.1 Å². The van der Waals surface area contributed by atoms with Crippen LogP contribution in [0.2, 0.25) is 0 Å². The average molecular weight is 301 g/mol. The van der Waals surface area contributed by atoms with Crippen molar-refractivity contribution in [2.75, 3.05) is 6.61 Å². The lowest BCUT2D eigenvalue weighted by molar-refractivity contribution is 0.262. The second-order valence-electron chi connectivity index (χ2n) is 4.71. The Kier molecular flexibility index (Phi) is 6.45. The van der Waals surface area contributed by atoms with Crippen molar-refractivity contribution in [3.05, 3.63) is 23.8 Å². The Morgan fingerprint density at radius 1 is 1.35 bits per heavy atom. The maximum absolute atomic E-state index is 12.2. The monoisotopic (exact) mass is 301 g/mol. The predicted octanol–water partition coefficient (Wildman–Crippen LogP) is 2.04. The summed E-state index contributed by atoms with van der Waals surface area (Å²) in [5, 5.41) is 9.34. The van der Waals surface area contributed by atoms with Gasteiger partial charge in [0.05, 0.1) is 18.1 Å². The molecule has 0 amide bonds. The third-order valence-electron chi connectivity index (χ3n) is 2.94. The average Bonchev–Trinajstić information content (AvgIpc) is 2.44. The molecule has 0 aliphatic rings. The van der Waals surface area contributed by atoms with E-state index in [-0.39, 0.29) is 17.5 Å². The lowest BCUT2D eigenvalue weighted by atomic mass is 10.2. The van der Waals surface area contributed by atoms with Crippen molar-refractivity contribution in [3.63, 3.8) is 0 Å². The zero-order valence-electron chi connectivity index (χ0n) is 12.2. The van der Waals surface area contributed by atoms with Gasteiger partial charge in [0.25, 0.3) is 0 Å². The van der Waals surface area contributed by atoms with E-state index >= 15 is 0 Å². The van der Waals surface area contributed by atoms with Gasteiger partial charge in [0, 0.05) is 11.6 Å². The zero-order valence-corrected chi connectivity index (χ0v) is 13.0. The van der Waals surface area contributed by atoms with Crippen molar-refractivity contribution in [1.82, 2.24) is 4.72 Å². The van der Waals surface area contributed by atoms with Gasteiger partial charge in [-0.05, 0) is 38.0 Å². The van der Waals surface area contributed by atoms with Gasteiger partial charge >= 0.3 is 0 Å². The number of nitrogens with one attached hydrogen (secondary N) is 1. The SMILES string of the molecule is CCCOc1ccc(S(=O)(=O)NC(C)CC)cc1CO. The van der Waals surface area contributed by atoms with Crippen LogP contribution in [0.25, 0.3) is 0 Å². The summed E-state index contributed by atoms with van der Waals surface area (Å²) in [4.78, 5) is 0.144. The topological polar surface area (TPSA) is 75.6 Å². The highest BCUT2D eigenvalue weighted by molar-refractivity contribution is 7.89. The van der Waals surface area contributed by atoms with E-state index < -0.39 is 10.0 Å². The predicted molar refractivity (Wildman–Crippen MR) is 78.2 cm³/mol. The summed E-state index contributed by atoms with van der Waals surface area (Å²) < 4.78 is 32.4. The molecule has 1 rings (SSSR count). The summed E-state index contributed by atoms with van der Waals surface area (Å²) in [6, 6.07) is 4.41. The molecule has 20 heavy (non-hydrogen) atoms. The highest BCUT2D eigenvalue weighted by atomic mass is 32.2. The van der Waals surface area contributed by atoms with Crippen LogP contribution in [0.5, 0.6) is 5.75 Å². The van der Waals surface area contributed by atoms with Gasteiger partial charge < -0.3 is 9.84 Å². The van der Waals surface area contributed by atoms with Gasteiger partial charge in [0.15, 0.2) is 0 Å². The Morgan fingerprint density at radius 2 is 2.05 bits per heavy atom. The standard InChI is InChI=1S/C14H23NO4S/c1-4-8-19-14-7-6-13(9-12(14)10-16)20(17,18)15-11(3)5-2/h6-7,9,11,15-16H,4-5,8,10H2,1-3H3. The minimum Gasteiger partial charge on any atom is -0.493 e. The van der Waals surface area contributed by atoms with E-state index in [1.54, 1.807) is 6.07 Å². The molecule has 5 nitrogen and oxygen atoms in total. The van der Waals surface area contributed by atoms with Gasteiger partial charge in [-0.2, -0.15) is 0 Å². The van der Waals surface area contributed by atoms with Gasteiger partial charge in [0.2, 0.25) is 10.0 Å². The third-order valence-corrected chi connectivity index (χ3v) is 4.53. The van der Waals surface area contributed by atoms with E-state index in [1.807, 2.05) is 20.8 Å². The minimum atomic E-state index is -3.56. The first-order valence-electron chi connectivity index (χ1n) is 6.83. The lowest BCUT2D eigenvalue weighted by Crippen LogP contribution is -2.32. The zero-order chi connectivity index (χ0) is 15.2. The van der Waals surface area contributed by atoms with E-state index in [1.165, 1.54) is 12.1 Å². The number of ether oxygens (including phenoxy) is 1. The quantitative estimate of drug-likeness (QED) is 0.770. The molecule has 0 heterocycles. The summed E-state index contributed by atoms with van der Waals surface area (Å²) in [5.41, 5.74) is 0.477. The molecule has 2 N–H and O–H groups in total. The molecule has 0 aromatic heterocycles. The largest absolute Gasteiger partial charge is 0.493 e. The Labute approximate surface area is 121 Å². The second kappa shape index (κ2) is 7.61. The van der Waals surface area contributed by atoms with Gasteiger partial charge in [-0.15, -0.1) is 0 Å². The van der Waals surface area contributed by atoms with E-state index in [9.17, 15) is 13.5 Å². The molecule has 0 spiro atoms. The van der Waals surface area contributed by atoms with Crippen LogP contribution in [-0.2, 0) is 16.6 Å². The smallest absolute Gasteiger partial charge is 0.240 e. The maximum Gasteiger partial charge on any atom is 0.240 e.